The van der Waals surface area contributed by atoms with Gasteiger partial charge in [0.15, 0.2) is 0 Å². The third-order valence-corrected chi connectivity index (χ3v) is 5.91. The zero-order valence-corrected chi connectivity index (χ0v) is 11.5. The van der Waals surface area contributed by atoms with Crippen LogP contribution in [0.5, 0.6) is 0 Å². The molecule has 0 amide bonds. The van der Waals surface area contributed by atoms with E-state index >= 15 is 0 Å². The van der Waals surface area contributed by atoms with E-state index in [1.54, 1.807) is 0 Å². The molecule has 0 radical (unpaired) electrons. The SMILES string of the molecule is O=[N+]([O-])c1ccc(S(=O)(=O)N2CC3CNCCC32)cc1. The highest BCUT2D eigenvalue weighted by Gasteiger charge is 2.46. The van der Waals surface area contributed by atoms with Crippen LogP contribution >= 0.6 is 0 Å². The average molecular weight is 297 g/mol. The number of benzene rings is 1. The van der Waals surface area contributed by atoms with Gasteiger partial charge in [-0.2, -0.15) is 4.31 Å². The Hall–Kier alpha value is -1.51. The van der Waals surface area contributed by atoms with Gasteiger partial charge in [0.1, 0.15) is 0 Å². The highest BCUT2D eigenvalue weighted by atomic mass is 32.2. The number of nitrogens with one attached hydrogen (secondary N) is 1. The summed E-state index contributed by atoms with van der Waals surface area (Å²) in [6.07, 6.45) is 0.816. The summed E-state index contributed by atoms with van der Waals surface area (Å²) < 4.78 is 26.5. The predicted molar refractivity (Wildman–Crippen MR) is 71.8 cm³/mol. The Morgan fingerprint density at radius 1 is 1.30 bits per heavy atom. The fourth-order valence-electron chi connectivity index (χ4n) is 2.85. The van der Waals surface area contributed by atoms with Gasteiger partial charge in [0.05, 0.1) is 9.82 Å². The van der Waals surface area contributed by atoms with Crippen molar-refractivity contribution in [1.82, 2.24) is 9.62 Å². The molecule has 2 aliphatic heterocycles. The van der Waals surface area contributed by atoms with Crippen molar-refractivity contribution in [3.8, 4) is 0 Å². The number of hydrogen-bond donors (Lipinski definition) is 1. The van der Waals surface area contributed by atoms with E-state index in [-0.39, 0.29) is 16.6 Å². The first-order chi connectivity index (χ1) is 9.50. The van der Waals surface area contributed by atoms with E-state index < -0.39 is 14.9 Å². The van der Waals surface area contributed by atoms with E-state index in [4.69, 9.17) is 0 Å². The normalized spacial score (nSPS) is 26.6. The lowest BCUT2D eigenvalue weighted by Crippen LogP contribution is -2.64. The number of nitrogens with zero attached hydrogens (tertiary/aromatic N) is 2. The highest BCUT2D eigenvalue weighted by Crippen LogP contribution is 2.35. The van der Waals surface area contributed by atoms with Crippen molar-refractivity contribution in [2.24, 2.45) is 5.92 Å². The van der Waals surface area contributed by atoms with Crippen molar-refractivity contribution < 1.29 is 13.3 Å². The topological polar surface area (TPSA) is 92.5 Å². The number of fused-ring (bicyclic) bond motifs is 1. The second-order valence-electron chi connectivity index (χ2n) is 5.15. The zero-order valence-electron chi connectivity index (χ0n) is 10.7. The van der Waals surface area contributed by atoms with Crippen LogP contribution in [-0.2, 0) is 10.0 Å². The Bertz CT molecular complexity index is 629. The standard InChI is InChI=1S/C12H15N3O4S/c16-15(17)10-1-3-11(4-2-10)20(18,19)14-8-9-7-13-6-5-12(9)14/h1-4,9,12-13H,5-8H2. The molecular weight excluding hydrogens is 282 g/mol. The minimum absolute atomic E-state index is 0.0661. The number of sulfonamides is 1. The van der Waals surface area contributed by atoms with Crippen LogP contribution < -0.4 is 5.32 Å². The first-order valence-electron chi connectivity index (χ1n) is 6.47. The van der Waals surface area contributed by atoms with Crippen LogP contribution in [0.4, 0.5) is 5.69 Å². The van der Waals surface area contributed by atoms with E-state index in [0.29, 0.717) is 12.5 Å². The summed E-state index contributed by atoms with van der Waals surface area (Å²) in [5.74, 6) is 0.386. The van der Waals surface area contributed by atoms with E-state index in [1.807, 2.05) is 0 Å². The van der Waals surface area contributed by atoms with Crippen LogP contribution in [0.2, 0.25) is 0 Å². The molecule has 8 heteroatoms. The molecule has 0 spiro atoms. The molecule has 0 saturated carbocycles. The van der Waals surface area contributed by atoms with Gasteiger partial charge in [-0.25, -0.2) is 8.42 Å². The molecule has 2 fully saturated rings. The Labute approximate surface area is 116 Å². The number of non-ortho nitro benzene ring substituents is 1. The second kappa shape index (κ2) is 4.80. The van der Waals surface area contributed by atoms with Crippen molar-refractivity contribution in [3.63, 3.8) is 0 Å². The van der Waals surface area contributed by atoms with Gasteiger partial charge in [-0.1, -0.05) is 0 Å². The average Bonchev–Trinajstić information content (AvgIpc) is 2.40. The van der Waals surface area contributed by atoms with E-state index in [2.05, 4.69) is 5.32 Å². The van der Waals surface area contributed by atoms with Crippen LogP contribution in [-0.4, -0.2) is 43.3 Å². The Balaban J connectivity index is 1.83. The van der Waals surface area contributed by atoms with Gasteiger partial charge in [0.2, 0.25) is 10.0 Å². The molecule has 2 aliphatic rings. The highest BCUT2D eigenvalue weighted by molar-refractivity contribution is 7.89. The monoisotopic (exact) mass is 297 g/mol. The van der Waals surface area contributed by atoms with Gasteiger partial charge >= 0.3 is 0 Å². The lowest BCUT2D eigenvalue weighted by molar-refractivity contribution is -0.384. The molecule has 2 unspecified atom stereocenters. The van der Waals surface area contributed by atoms with E-state index in [1.165, 1.54) is 28.6 Å². The molecule has 0 aromatic heterocycles. The van der Waals surface area contributed by atoms with Crippen LogP contribution in [0, 0.1) is 16.0 Å². The molecule has 20 heavy (non-hydrogen) atoms. The first kappa shape index (κ1) is 13.5. The predicted octanol–water partition coefficient (Wildman–Crippen LogP) is 0.577. The molecule has 3 rings (SSSR count). The van der Waals surface area contributed by atoms with Crippen molar-refractivity contribution in [2.75, 3.05) is 19.6 Å². The smallest absolute Gasteiger partial charge is 0.269 e. The summed E-state index contributed by atoms with van der Waals surface area (Å²) in [5, 5.41) is 13.8. The lowest BCUT2D eigenvalue weighted by Gasteiger charge is -2.49. The lowest BCUT2D eigenvalue weighted by atomic mass is 9.86. The molecule has 2 atom stereocenters. The summed E-state index contributed by atoms with van der Waals surface area (Å²) in [7, 11) is -3.53. The minimum atomic E-state index is -3.53. The van der Waals surface area contributed by atoms with E-state index in [9.17, 15) is 18.5 Å². The number of hydrogen-bond acceptors (Lipinski definition) is 5. The summed E-state index contributed by atoms with van der Waals surface area (Å²) >= 11 is 0. The summed E-state index contributed by atoms with van der Waals surface area (Å²) in [4.78, 5) is 10.2. The zero-order chi connectivity index (χ0) is 14.3. The van der Waals surface area contributed by atoms with Crippen molar-refractivity contribution in [3.05, 3.63) is 34.4 Å². The molecule has 1 aromatic rings. The third-order valence-electron chi connectivity index (χ3n) is 4.01. The maximum atomic E-state index is 12.5. The largest absolute Gasteiger partial charge is 0.316 e. The fraction of sp³-hybridized carbons (Fsp3) is 0.500. The van der Waals surface area contributed by atoms with Crippen LogP contribution in [0.25, 0.3) is 0 Å². The van der Waals surface area contributed by atoms with Gasteiger partial charge < -0.3 is 5.32 Å². The summed E-state index contributed by atoms with van der Waals surface area (Å²) in [6.45, 7) is 2.21. The van der Waals surface area contributed by atoms with Crippen LogP contribution in [0.3, 0.4) is 0 Å². The van der Waals surface area contributed by atoms with Gasteiger partial charge in [0, 0.05) is 37.2 Å². The molecule has 0 bridgehead atoms. The molecule has 7 nitrogen and oxygen atoms in total. The maximum absolute atomic E-state index is 12.5. The van der Waals surface area contributed by atoms with Crippen molar-refractivity contribution >= 4 is 15.7 Å². The minimum Gasteiger partial charge on any atom is -0.316 e. The van der Waals surface area contributed by atoms with Crippen LogP contribution in [0.15, 0.2) is 29.2 Å². The Kier molecular flexibility index (Phi) is 3.23. The third kappa shape index (κ3) is 2.09. The molecular formula is C12H15N3O4S. The van der Waals surface area contributed by atoms with Crippen molar-refractivity contribution in [1.29, 1.82) is 0 Å². The summed E-state index contributed by atoms with van der Waals surface area (Å²) in [6, 6.07) is 5.14. The Morgan fingerprint density at radius 3 is 2.60 bits per heavy atom. The first-order valence-corrected chi connectivity index (χ1v) is 7.91. The number of piperidine rings is 1. The number of nitro groups is 1. The van der Waals surface area contributed by atoms with Gasteiger partial charge in [-0.3, -0.25) is 10.1 Å². The Morgan fingerprint density at radius 2 is 2.00 bits per heavy atom. The quantitative estimate of drug-likeness (QED) is 0.650. The molecule has 108 valence electrons. The second-order valence-corrected chi connectivity index (χ2v) is 7.04. The molecule has 1 aromatic carbocycles. The van der Waals surface area contributed by atoms with Gasteiger partial charge in [0.25, 0.3) is 5.69 Å². The maximum Gasteiger partial charge on any atom is 0.269 e. The van der Waals surface area contributed by atoms with E-state index in [0.717, 1.165) is 19.5 Å². The summed E-state index contributed by atoms with van der Waals surface area (Å²) in [5.41, 5.74) is -0.104. The molecule has 1 N–H and O–H groups in total. The fourth-order valence-corrected chi connectivity index (χ4v) is 4.63. The number of rotatable bonds is 3. The van der Waals surface area contributed by atoms with Gasteiger partial charge in [-0.15, -0.1) is 0 Å². The van der Waals surface area contributed by atoms with Crippen molar-refractivity contribution in [2.45, 2.75) is 17.4 Å². The molecule has 2 saturated heterocycles. The van der Waals surface area contributed by atoms with Crippen LogP contribution in [0.1, 0.15) is 6.42 Å². The molecule has 0 aliphatic carbocycles. The molecule has 2 heterocycles. The number of nitro benzene ring substituents is 1. The van der Waals surface area contributed by atoms with Gasteiger partial charge in [-0.05, 0) is 25.1 Å².